The summed E-state index contributed by atoms with van der Waals surface area (Å²) in [5.41, 5.74) is 2.41. The van der Waals surface area contributed by atoms with Crippen LogP contribution in [0.15, 0.2) is 10.9 Å². The van der Waals surface area contributed by atoms with Crippen molar-refractivity contribution >= 4 is 29.2 Å². The molecule has 2 aliphatic rings. The van der Waals surface area contributed by atoms with Crippen LogP contribution in [0.5, 0.6) is 0 Å². The molecule has 2 saturated carbocycles. The van der Waals surface area contributed by atoms with Gasteiger partial charge >= 0.3 is 17.9 Å². The summed E-state index contributed by atoms with van der Waals surface area (Å²) < 4.78 is 17.2. The van der Waals surface area contributed by atoms with Crippen molar-refractivity contribution in [2.45, 2.75) is 195 Å². The number of hydrogen-bond acceptors (Lipinski definition) is 9. The zero-order valence-corrected chi connectivity index (χ0v) is 36.0. The van der Waals surface area contributed by atoms with Crippen molar-refractivity contribution in [1.29, 1.82) is 0 Å². The van der Waals surface area contributed by atoms with Crippen molar-refractivity contribution in [1.82, 2.24) is 9.88 Å². The van der Waals surface area contributed by atoms with Crippen LogP contribution in [-0.2, 0) is 23.8 Å². The van der Waals surface area contributed by atoms with Crippen LogP contribution in [0.1, 0.15) is 199 Å². The highest BCUT2D eigenvalue weighted by Crippen LogP contribution is 2.66. The molecule has 0 saturated heterocycles. The molecule has 54 heavy (non-hydrogen) atoms. The second-order valence-electron chi connectivity index (χ2n) is 17.3. The van der Waals surface area contributed by atoms with Gasteiger partial charge in [0.1, 0.15) is 12.7 Å². The summed E-state index contributed by atoms with van der Waals surface area (Å²) in [6, 6.07) is 0. The van der Waals surface area contributed by atoms with Gasteiger partial charge in [-0.3, -0.25) is 14.5 Å². The number of nitrogens with zero attached hydrogens (tertiary/aromatic N) is 2. The Morgan fingerprint density at radius 3 is 1.93 bits per heavy atom. The largest absolute Gasteiger partial charge is 0.466 e. The molecule has 8 nitrogen and oxygen atoms in total. The normalized spacial score (nSPS) is 20.2. The molecule has 0 amide bonds. The maximum Gasteiger partial charge on any atom is 0.357 e. The third-order valence-corrected chi connectivity index (χ3v) is 13.8. The van der Waals surface area contributed by atoms with Gasteiger partial charge in [0.05, 0.1) is 12.1 Å². The van der Waals surface area contributed by atoms with E-state index in [2.05, 4.69) is 44.5 Å². The van der Waals surface area contributed by atoms with Crippen LogP contribution in [0.25, 0.3) is 0 Å². The lowest BCUT2D eigenvalue weighted by atomic mass is 9.70. The first-order valence-corrected chi connectivity index (χ1v) is 23.2. The first kappa shape index (κ1) is 46.4. The van der Waals surface area contributed by atoms with Crippen LogP contribution in [0.2, 0.25) is 0 Å². The number of esters is 3. The molecule has 0 unspecified atom stereocenters. The predicted octanol–water partition coefficient (Wildman–Crippen LogP) is 11.8. The Labute approximate surface area is 333 Å². The number of fused-ring (bicyclic) bond motifs is 2. The lowest BCUT2D eigenvalue weighted by Crippen LogP contribution is -2.38. The number of ether oxygens (including phenoxy) is 3. The van der Waals surface area contributed by atoms with Crippen molar-refractivity contribution < 1.29 is 28.6 Å². The SMILES string of the molecule is CCCCCC(CCCCC)CCOC(=O)CCCCCCCN(CCCCCCCC(=O)O[C@@H]1C[C@@H]2CC[C@@]1(C)C2(C)C)CCOC(=O)c1cscn1. The zero-order chi connectivity index (χ0) is 39.1. The van der Waals surface area contributed by atoms with E-state index in [0.29, 0.717) is 50.1 Å². The van der Waals surface area contributed by atoms with E-state index in [1.807, 2.05) is 0 Å². The Balaban J connectivity index is 1.25. The summed E-state index contributed by atoms with van der Waals surface area (Å²) >= 11 is 1.39. The topological polar surface area (TPSA) is 95.0 Å². The summed E-state index contributed by atoms with van der Waals surface area (Å²) in [5, 5.41) is 1.72. The lowest BCUT2D eigenvalue weighted by molar-refractivity contribution is -0.157. The molecule has 9 heteroatoms. The third kappa shape index (κ3) is 16.2. The van der Waals surface area contributed by atoms with Gasteiger partial charge in [-0.15, -0.1) is 11.3 Å². The monoisotopic (exact) mass is 775 g/mol. The van der Waals surface area contributed by atoms with E-state index in [1.54, 1.807) is 10.9 Å². The molecule has 0 N–H and O–H groups in total. The van der Waals surface area contributed by atoms with E-state index < -0.39 is 0 Å². The number of unbranched alkanes of at least 4 members (excludes halogenated alkanes) is 12. The Kier molecular flexibility index (Phi) is 22.3. The van der Waals surface area contributed by atoms with Gasteiger partial charge in [0.25, 0.3) is 0 Å². The van der Waals surface area contributed by atoms with Crippen molar-refractivity contribution in [2.75, 3.05) is 32.8 Å². The maximum atomic E-state index is 12.7. The van der Waals surface area contributed by atoms with Gasteiger partial charge in [0.15, 0.2) is 5.69 Å². The number of rotatable bonds is 32. The molecule has 310 valence electrons. The van der Waals surface area contributed by atoms with Crippen LogP contribution in [-0.4, -0.2) is 66.7 Å². The number of carbonyl (C=O) groups is 3. The van der Waals surface area contributed by atoms with Crippen LogP contribution in [0.4, 0.5) is 0 Å². The second-order valence-corrected chi connectivity index (χ2v) is 18.1. The lowest BCUT2D eigenvalue weighted by Gasteiger charge is -2.38. The third-order valence-electron chi connectivity index (χ3n) is 13.2. The summed E-state index contributed by atoms with van der Waals surface area (Å²) in [4.78, 5) is 43.9. The maximum absolute atomic E-state index is 12.7. The fraction of sp³-hybridized carbons (Fsp3) is 0.867. The molecule has 1 heterocycles. The summed E-state index contributed by atoms with van der Waals surface area (Å²) in [5.74, 6) is 0.961. The van der Waals surface area contributed by atoms with Gasteiger partial charge in [-0.25, -0.2) is 9.78 Å². The second kappa shape index (κ2) is 26.0. The Bertz CT molecular complexity index is 1160. The Morgan fingerprint density at radius 1 is 0.759 bits per heavy atom. The highest BCUT2D eigenvalue weighted by atomic mass is 32.1. The fourth-order valence-electron chi connectivity index (χ4n) is 9.00. The molecule has 2 aliphatic carbocycles. The van der Waals surface area contributed by atoms with Gasteiger partial charge in [-0.1, -0.05) is 125 Å². The van der Waals surface area contributed by atoms with E-state index in [0.717, 1.165) is 90.1 Å². The van der Waals surface area contributed by atoms with Crippen molar-refractivity contribution in [3.8, 4) is 0 Å². The first-order chi connectivity index (χ1) is 26.1. The van der Waals surface area contributed by atoms with Crippen LogP contribution in [0, 0.1) is 22.7 Å². The van der Waals surface area contributed by atoms with E-state index >= 15 is 0 Å². The fourth-order valence-corrected chi connectivity index (χ4v) is 9.52. The number of thiazole rings is 1. The van der Waals surface area contributed by atoms with Crippen molar-refractivity contribution in [3.05, 3.63) is 16.6 Å². The smallest absolute Gasteiger partial charge is 0.357 e. The van der Waals surface area contributed by atoms with E-state index in [1.165, 1.54) is 75.5 Å². The van der Waals surface area contributed by atoms with Gasteiger partial charge in [-0.05, 0) is 81.7 Å². The van der Waals surface area contributed by atoms with Gasteiger partial charge in [0.2, 0.25) is 0 Å². The summed E-state index contributed by atoms with van der Waals surface area (Å²) in [6.45, 7) is 15.1. The van der Waals surface area contributed by atoms with Crippen LogP contribution >= 0.6 is 11.3 Å². The summed E-state index contributed by atoms with van der Waals surface area (Å²) in [6.07, 6.45) is 26.3. The van der Waals surface area contributed by atoms with E-state index in [4.69, 9.17) is 14.2 Å². The molecular weight excluding hydrogens is 697 g/mol. The minimum atomic E-state index is -0.356. The first-order valence-electron chi connectivity index (χ1n) is 22.2. The molecule has 3 atom stereocenters. The molecule has 1 aromatic rings. The molecule has 0 radical (unpaired) electrons. The average Bonchev–Trinajstić information content (AvgIpc) is 3.81. The highest BCUT2D eigenvalue weighted by Gasteiger charge is 2.62. The Hall–Kier alpha value is -2.00. The van der Waals surface area contributed by atoms with E-state index in [9.17, 15) is 14.4 Å². The van der Waals surface area contributed by atoms with Crippen LogP contribution in [0.3, 0.4) is 0 Å². The molecule has 0 aliphatic heterocycles. The molecule has 0 spiro atoms. The van der Waals surface area contributed by atoms with Gasteiger partial charge in [0, 0.05) is 30.2 Å². The quantitative estimate of drug-likeness (QED) is 0.0406. The zero-order valence-electron chi connectivity index (χ0n) is 35.1. The van der Waals surface area contributed by atoms with Crippen LogP contribution < -0.4 is 0 Å². The minimum absolute atomic E-state index is 0.0161. The van der Waals surface area contributed by atoms with Crippen molar-refractivity contribution in [3.63, 3.8) is 0 Å². The molecule has 0 aromatic carbocycles. The predicted molar refractivity (Wildman–Crippen MR) is 221 cm³/mol. The van der Waals surface area contributed by atoms with Gasteiger partial charge in [-0.2, -0.15) is 0 Å². The molecule has 3 rings (SSSR count). The number of hydrogen-bond donors (Lipinski definition) is 0. The Morgan fingerprint density at radius 2 is 1.37 bits per heavy atom. The molecular formula is C45H78N2O6S. The molecule has 1 aromatic heterocycles. The van der Waals surface area contributed by atoms with E-state index in [-0.39, 0.29) is 34.8 Å². The number of carbonyl (C=O) groups excluding carboxylic acids is 3. The molecule has 2 fully saturated rings. The molecule has 2 bridgehead atoms. The standard InChI is InChI=1S/C45H78N2O6S/c1-6-8-16-22-37(23-17-9-7-2)27-32-51-41(48)24-18-12-10-14-20-29-47(31-33-52-43(50)39-35-54-36-46-39)30-21-15-11-13-19-25-42(49)53-40-34-38-26-28-45(40,5)44(38,3)4/h35-38,40H,6-34H2,1-5H3/t38-,40+,45+/m0/s1. The number of aromatic nitrogens is 1. The highest BCUT2D eigenvalue weighted by molar-refractivity contribution is 7.07. The van der Waals surface area contributed by atoms with Gasteiger partial charge < -0.3 is 14.2 Å². The summed E-state index contributed by atoms with van der Waals surface area (Å²) in [7, 11) is 0. The minimum Gasteiger partial charge on any atom is -0.466 e. The average molecular weight is 775 g/mol. The van der Waals surface area contributed by atoms with Crippen molar-refractivity contribution in [2.24, 2.45) is 22.7 Å².